The van der Waals surface area contributed by atoms with Crippen LogP contribution in [0.15, 0.2) is 76.5 Å². The Hall–Kier alpha value is -3.72. The standard InChI is InChI=1S/C24H23N3O5S/c1-29-19-8-3-6-17(14-19)22-25-26-24(27(22)16-21-10-5-11-31-21)33-13-12-32-20-9-4-7-18(15-20)23(28)30-2/h3-11,14-15H,12-13,16H2,1-2H3. The number of thioether (sulfide) groups is 1. The van der Waals surface area contributed by atoms with Gasteiger partial charge in [-0.25, -0.2) is 4.79 Å². The van der Waals surface area contributed by atoms with Crippen molar-refractivity contribution in [3.63, 3.8) is 0 Å². The molecule has 0 aliphatic heterocycles. The van der Waals surface area contributed by atoms with E-state index in [1.54, 1.807) is 37.6 Å². The van der Waals surface area contributed by atoms with E-state index in [1.165, 1.54) is 18.9 Å². The number of hydrogen-bond acceptors (Lipinski definition) is 8. The number of methoxy groups -OCH3 is 2. The summed E-state index contributed by atoms with van der Waals surface area (Å²) in [6, 6.07) is 18.4. The molecule has 0 N–H and O–H groups in total. The van der Waals surface area contributed by atoms with E-state index in [-0.39, 0.29) is 0 Å². The molecule has 4 rings (SSSR count). The van der Waals surface area contributed by atoms with Gasteiger partial charge in [0, 0.05) is 11.3 Å². The number of aromatic nitrogens is 3. The number of benzene rings is 2. The van der Waals surface area contributed by atoms with Gasteiger partial charge in [0.25, 0.3) is 0 Å². The molecule has 33 heavy (non-hydrogen) atoms. The van der Waals surface area contributed by atoms with Crippen LogP contribution in [0.3, 0.4) is 0 Å². The first-order chi connectivity index (χ1) is 16.2. The van der Waals surface area contributed by atoms with Gasteiger partial charge in [-0.1, -0.05) is 30.0 Å². The zero-order valence-corrected chi connectivity index (χ0v) is 19.1. The van der Waals surface area contributed by atoms with E-state index in [1.807, 2.05) is 41.0 Å². The van der Waals surface area contributed by atoms with Crippen LogP contribution in [-0.4, -0.2) is 47.3 Å². The molecule has 0 radical (unpaired) electrons. The van der Waals surface area contributed by atoms with Crippen molar-refractivity contribution < 1.29 is 23.4 Å². The van der Waals surface area contributed by atoms with Gasteiger partial charge in [-0.05, 0) is 42.5 Å². The van der Waals surface area contributed by atoms with E-state index in [4.69, 9.17) is 18.6 Å². The van der Waals surface area contributed by atoms with Crippen molar-refractivity contribution in [3.05, 3.63) is 78.3 Å². The Labute approximate surface area is 195 Å². The monoisotopic (exact) mass is 465 g/mol. The third kappa shape index (κ3) is 5.56. The lowest BCUT2D eigenvalue weighted by molar-refractivity contribution is 0.0600. The number of hydrogen-bond donors (Lipinski definition) is 0. The Morgan fingerprint density at radius 1 is 1.03 bits per heavy atom. The SMILES string of the molecule is COC(=O)c1cccc(OCCSc2nnc(-c3cccc(OC)c3)n2Cc2ccco2)c1. The molecule has 2 aromatic heterocycles. The molecule has 8 nitrogen and oxygen atoms in total. The van der Waals surface area contributed by atoms with Gasteiger partial charge < -0.3 is 18.6 Å². The van der Waals surface area contributed by atoms with Gasteiger partial charge in [0.05, 0.1) is 39.2 Å². The van der Waals surface area contributed by atoms with Gasteiger partial charge in [-0.2, -0.15) is 0 Å². The minimum absolute atomic E-state index is 0.397. The van der Waals surface area contributed by atoms with Crippen LogP contribution in [-0.2, 0) is 11.3 Å². The molecule has 0 fully saturated rings. The summed E-state index contributed by atoms with van der Waals surface area (Å²) in [6.45, 7) is 0.925. The summed E-state index contributed by atoms with van der Waals surface area (Å²) in [5.41, 5.74) is 1.35. The highest BCUT2D eigenvalue weighted by atomic mass is 32.2. The summed E-state index contributed by atoms with van der Waals surface area (Å²) in [6.07, 6.45) is 1.65. The van der Waals surface area contributed by atoms with Crippen LogP contribution in [0.2, 0.25) is 0 Å². The molecule has 170 valence electrons. The molecule has 4 aromatic rings. The van der Waals surface area contributed by atoms with E-state index in [2.05, 4.69) is 10.2 Å². The van der Waals surface area contributed by atoms with E-state index in [0.29, 0.717) is 30.2 Å². The molecular weight excluding hydrogens is 442 g/mol. The van der Waals surface area contributed by atoms with Gasteiger partial charge in [-0.3, -0.25) is 4.57 Å². The molecule has 2 heterocycles. The van der Waals surface area contributed by atoms with Gasteiger partial charge in [0.2, 0.25) is 0 Å². The maximum atomic E-state index is 11.7. The highest BCUT2D eigenvalue weighted by Crippen LogP contribution is 2.27. The molecular formula is C24H23N3O5S. The fraction of sp³-hybridized carbons (Fsp3) is 0.208. The first kappa shape index (κ1) is 22.5. The van der Waals surface area contributed by atoms with Crippen LogP contribution in [0, 0.1) is 0 Å². The lowest BCUT2D eigenvalue weighted by Crippen LogP contribution is -2.06. The summed E-state index contributed by atoms with van der Waals surface area (Å²) in [7, 11) is 2.99. The van der Waals surface area contributed by atoms with Crippen LogP contribution in [0.1, 0.15) is 16.1 Å². The first-order valence-corrected chi connectivity index (χ1v) is 11.2. The average molecular weight is 466 g/mol. The van der Waals surface area contributed by atoms with Crippen molar-refractivity contribution in [3.8, 4) is 22.9 Å². The zero-order valence-electron chi connectivity index (χ0n) is 18.3. The van der Waals surface area contributed by atoms with Crippen molar-refractivity contribution in [1.29, 1.82) is 0 Å². The minimum atomic E-state index is -0.397. The molecule has 0 saturated heterocycles. The van der Waals surface area contributed by atoms with Crippen molar-refractivity contribution in [1.82, 2.24) is 14.8 Å². The van der Waals surface area contributed by atoms with E-state index >= 15 is 0 Å². The Balaban J connectivity index is 1.47. The molecule has 0 saturated carbocycles. The molecule has 0 atom stereocenters. The van der Waals surface area contributed by atoms with Crippen molar-refractivity contribution in [2.75, 3.05) is 26.6 Å². The number of furan rings is 1. The van der Waals surface area contributed by atoms with Crippen LogP contribution in [0.5, 0.6) is 11.5 Å². The predicted molar refractivity (Wildman–Crippen MR) is 124 cm³/mol. The predicted octanol–water partition coefficient (Wildman–Crippen LogP) is 4.55. The number of rotatable bonds is 10. The van der Waals surface area contributed by atoms with Crippen LogP contribution < -0.4 is 9.47 Å². The Kier molecular flexibility index (Phi) is 7.31. The van der Waals surface area contributed by atoms with Crippen LogP contribution >= 0.6 is 11.8 Å². The molecule has 0 unspecified atom stereocenters. The van der Waals surface area contributed by atoms with Crippen molar-refractivity contribution in [2.45, 2.75) is 11.7 Å². The fourth-order valence-corrected chi connectivity index (χ4v) is 3.95. The quantitative estimate of drug-likeness (QED) is 0.191. The van der Waals surface area contributed by atoms with E-state index < -0.39 is 5.97 Å². The number of esters is 1. The molecule has 0 aliphatic rings. The summed E-state index contributed by atoms with van der Waals surface area (Å²) in [5.74, 6) is 3.11. The Morgan fingerprint density at radius 2 is 1.88 bits per heavy atom. The van der Waals surface area contributed by atoms with Gasteiger partial charge in [0.15, 0.2) is 11.0 Å². The second-order valence-electron chi connectivity index (χ2n) is 6.92. The molecule has 0 amide bonds. The molecule has 2 aromatic carbocycles. The molecule has 9 heteroatoms. The summed E-state index contributed by atoms with van der Waals surface area (Å²) in [4.78, 5) is 11.7. The number of ether oxygens (including phenoxy) is 3. The molecule has 0 spiro atoms. The maximum Gasteiger partial charge on any atom is 0.337 e. The normalized spacial score (nSPS) is 10.7. The third-order valence-electron chi connectivity index (χ3n) is 4.78. The van der Waals surface area contributed by atoms with E-state index in [9.17, 15) is 4.79 Å². The summed E-state index contributed by atoms with van der Waals surface area (Å²) in [5, 5.41) is 9.57. The highest BCUT2D eigenvalue weighted by Gasteiger charge is 2.16. The fourth-order valence-electron chi connectivity index (χ4n) is 3.20. The first-order valence-electron chi connectivity index (χ1n) is 10.2. The van der Waals surface area contributed by atoms with Crippen LogP contribution in [0.4, 0.5) is 0 Å². The van der Waals surface area contributed by atoms with Gasteiger partial charge >= 0.3 is 5.97 Å². The third-order valence-corrected chi connectivity index (χ3v) is 5.71. The number of carbonyl (C=O) groups excluding carboxylic acids is 1. The number of carbonyl (C=O) groups is 1. The summed E-state index contributed by atoms with van der Waals surface area (Å²) < 4.78 is 23.5. The summed E-state index contributed by atoms with van der Waals surface area (Å²) >= 11 is 1.53. The van der Waals surface area contributed by atoms with E-state index in [0.717, 1.165) is 28.1 Å². The molecule has 0 aliphatic carbocycles. The Bertz CT molecular complexity index is 1210. The van der Waals surface area contributed by atoms with Crippen molar-refractivity contribution in [2.24, 2.45) is 0 Å². The molecule has 0 bridgehead atoms. The van der Waals surface area contributed by atoms with Crippen molar-refractivity contribution >= 4 is 17.7 Å². The maximum absolute atomic E-state index is 11.7. The Morgan fingerprint density at radius 3 is 2.67 bits per heavy atom. The average Bonchev–Trinajstić information content (AvgIpc) is 3.52. The highest BCUT2D eigenvalue weighted by molar-refractivity contribution is 7.99. The minimum Gasteiger partial charge on any atom is -0.497 e. The smallest absolute Gasteiger partial charge is 0.337 e. The lowest BCUT2D eigenvalue weighted by Gasteiger charge is -2.10. The second kappa shape index (κ2) is 10.7. The van der Waals surface area contributed by atoms with Gasteiger partial charge in [-0.15, -0.1) is 10.2 Å². The lowest BCUT2D eigenvalue weighted by atomic mass is 10.2. The number of nitrogens with zero attached hydrogens (tertiary/aromatic N) is 3. The zero-order chi connectivity index (χ0) is 23.0. The van der Waals surface area contributed by atoms with Crippen LogP contribution in [0.25, 0.3) is 11.4 Å². The second-order valence-corrected chi connectivity index (χ2v) is 7.98. The largest absolute Gasteiger partial charge is 0.497 e. The topological polar surface area (TPSA) is 88.6 Å². The van der Waals surface area contributed by atoms with Gasteiger partial charge in [0.1, 0.15) is 17.3 Å².